The Morgan fingerprint density at radius 2 is 1.50 bits per heavy atom. The van der Waals surface area contributed by atoms with Gasteiger partial charge in [-0.15, -0.1) is 0 Å². The van der Waals surface area contributed by atoms with Crippen LogP contribution in [0.25, 0.3) is 0 Å². The summed E-state index contributed by atoms with van der Waals surface area (Å²) in [4.78, 5) is 3.48. The third-order valence-corrected chi connectivity index (χ3v) is 1.88. The van der Waals surface area contributed by atoms with Gasteiger partial charge in [0.25, 0.3) is 0 Å². The molecule has 1 nitrogen and oxygen atoms in total. The van der Waals surface area contributed by atoms with Crippen LogP contribution in [0.5, 0.6) is 0 Å². The molecule has 0 amide bonds. The Bertz CT molecular complexity index is 63.4. The molecule has 8 heavy (non-hydrogen) atoms. The summed E-state index contributed by atoms with van der Waals surface area (Å²) in [7, 11) is -0.242. The van der Waals surface area contributed by atoms with Gasteiger partial charge in [-0.3, -0.25) is 0 Å². The summed E-state index contributed by atoms with van der Waals surface area (Å²) in [5, 5.41) is 0. The molecule has 1 radical (unpaired) electrons. The number of hydrogen-bond donors (Lipinski definition) is 1. The lowest BCUT2D eigenvalue weighted by Crippen LogP contribution is -2.43. The van der Waals surface area contributed by atoms with Crippen LogP contribution in [0.4, 0.5) is 0 Å². The van der Waals surface area contributed by atoms with Crippen LogP contribution >= 0.6 is 0 Å². The van der Waals surface area contributed by atoms with Gasteiger partial charge in [0, 0.05) is 5.54 Å². The summed E-state index contributed by atoms with van der Waals surface area (Å²) in [5.41, 5.74) is 0.317. The number of nitrogens with one attached hydrogen (secondary N) is 1. The van der Waals surface area contributed by atoms with E-state index in [0.717, 1.165) is 0 Å². The van der Waals surface area contributed by atoms with Crippen LogP contribution in [0.3, 0.4) is 0 Å². The van der Waals surface area contributed by atoms with Crippen LogP contribution in [0.15, 0.2) is 0 Å². The number of rotatable bonds is 1. The van der Waals surface area contributed by atoms with E-state index in [2.05, 4.69) is 38.8 Å². The summed E-state index contributed by atoms with van der Waals surface area (Å²) in [6.07, 6.45) is 0. The van der Waals surface area contributed by atoms with Crippen LogP contribution in [0.2, 0.25) is 13.1 Å². The quantitative estimate of drug-likeness (QED) is 0.532. The highest BCUT2D eigenvalue weighted by Gasteiger charge is 2.10. The molecule has 0 rings (SSSR count). The molecule has 0 aromatic heterocycles. The van der Waals surface area contributed by atoms with Crippen LogP contribution in [-0.2, 0) is 0 Å². The molecule has 0 aliphatic carbocycles. The molecule has 0 saturated carbocycles. The van der Waals surface area contributed by atoms with Crippen molar-refractivity contribution in [1.82, 2.24) is 4.98 Å². The molecule has 0 atom stereocenters. The minimum Gasteiger partial charge on any atom is -0.334 e. The molecular formula is C6H16NSi. The van der Waals surface area contributed by atoms with E-state index in [1.807, 2.05) is 0 Å². The van der Waals surface area contributed by atoms with Gasteiger partial charge in [0.2, 0.25) is 0 Å². The Morgan fingerprint density at radius 3 is 1.50 bits per heavy atom. The zero-order valence-electron chi connectivity index (χ0n) is 6.50. The first-order valence-corrected chi connectivity index (χ1v) is 5.50. The molecule has 0 fully saturated rings. The fourth-order valence-electron chi connectivity index (χ4n) is 0.750. The van der Waals surface area contributed by atoms with Crippen molar-refractivity contribution in [3.8, 4) is 0 Å². The van der Waals surface area contributed by atoms with E-state index in [1.54, 1.807) is 0 Å². The summed E-state index contributed by atoms with van der Waals surface area (Å²) in [6, 6.07) is 0. The minimum absolute atomic E-state index is 0.242. The predicted octanol–water partition coefficient (Wildman–Crippen LogP) is 1.63. The van der Waals surface area contributed by atoms with Gasteiger partial charge in [-0.25, -0.2) is 0 Å². The molecule has 1 N–H and O–H groups in total. The average Bonchev–Trinajstić information content (AvgIpc) is 1.21. The summed E-state index contributed by atoms with van der Waals surface area (Å²) in [5.74, 6) is 0. The zero-order chi connectivity index (χ0) is 6.78. The Kier molecular flexibility index (Phi) is 2.70. The molecular weight excluding hydrogens is 114 g/mol. The van der Waals surface area contributed by atoms with Gasteiger partial charge in [-0.05, 0) is 20.8 Å². The SMILES string of the molecule is C[Si](C)NC(C)(C)C. The van der Waals surface area contributed by atoms with Crippen LogP contribution in [-0.4, -0.2) is 14.5 Å². The van der Waals surface area contributed by atoms with Crippen molar-refractivity contribution < 1.29 is 0 Å². The fraction of sp³-hybridized carbons (Fsp3) is 1.00. The smallest absolute Gasteiger partial charge is 0.127 e. The summed E-state index contributed by atoms with van der Waals surface area (Å²) >= 11 is 0. The van der Waals surface area contributed by atoms with E-state index >= 15 is 0 Å². The topological polar surface area (TPSA) is 12.0 Å². The van der Waals surface area contributed by atoms with Gasteiger partial charge in [0.15, 0.2) is 0 Å². The van der Waals surface area contributed by atoms with Crippen LogP contribution in [0.1, 0.15) is 20.8 Å². The highest BCUT2D eigenvalue weighted by molar-refractivity contribution is 6.53. The highest BCUT2D eigenvalue weighted by atomic mass is 28.3. The van der Waals surface area contributed by atoms with Crippen molar-refractivity contribution in [2.75, 3.05) is 0 Å². The maximum absolute atomic E-state index is 3.48. The second-order valence-corrected chi connectivity index (χ2v) is 5.62. The van der Waals surface area contributed by atoms with Gasteiger partial charge < -0.3 is 4.98 Å². The normalized spacial score (nSPS) is 12.8. The first kappa shape index (κ1) is 8.18. The second kappa shape index (κ2) is 2.64. The summed E-state index contributed by atoms with van der Waals surface area (Å²) in [6.45, 7) is 11.1. The zero-order valence-corrected chi connectivity index (χ0v) is 7.50. The van der Waals surface area contributed by atoms with Crippen LogP contribution < -0.4 is 4.98 Å². The Hall–Kier alpha value is 0.177. The van der Waals surface area contributed by atoms with Crippen LogP contribution in [0, 0.1) is 0 Å². The second-order valence-electron chi connectivity index (χ2n) is 3.38. The Balaban J connectivity index is 3.39. The van der Waals surface area contributed by atoms with Gasteiger partial charge in [-0.2, -0.15) is 0 Å². The molecule has 0 aromatic rings. The molecule has 2 heteroatoms. The lowest BCUT2D eigenvalue weighted by molar-refractivity contribution is 0.519. The van der Waals surface area contributed by atoms with Crippen molar-refractivity contribution in [3.63, 3.8) is 0 Å². The fourth-order valence-corrected chi connectivity index (χ4v) is 2.25. The maximum Gasteiger partial charge on any atom is 0.127 e. The van der Waals surface area contributed by atoms with Crippen molar-refractivity contribution in [2.24, 2.45) is 0 Å². The standard InChI is InChI=1S/C6H16NSi/c1-6(2,3)7-8(4)5/h7H,1-5H3. The largest absolute Gasteiger partial charge is 0.334 e. The lowest BCUT2D eigenvalue weighted by atomic mass is 10.1. The molecule has 0 bridgehead atoms. The third kappa shape index (κ3) is 6.18. The van der Waals surface area contributed by atoms with Crippen molar-refractivity contribution in [1.29, 1.82) is 0 Å². The monoisotopic (exact) mass is 130 g/mol. The molecule has 0 aliphatic heterocycles. The summed E-state index contributed by atoms with van der Waals surface area (Å²) < 4.78 is 0. The van der Waals surface area contributed by atoms with E-state index in [0.29, 0.717) is 5.54 Å². The van der Waals surface area contributed by atoms with E-state index in [9.17, 15) is 0 Å². The van der Waals surface area contributed by atoms with E-state index in [-0.39, 0.29) is 8.96 Å². The molecule has 0 aromatic carbocycles. The minimum atomic E-state index is -0.242. The molecule has 0 saturated heterocycles. The van der Waals surface area contributed by atoms with Gasteiger partial charge >= 0.3 is 0 Å². The lowest BCUT2D eigenvalue weighted by Gasteiger charge is -2.22. The van der Waals surface area contributed by atoms with Crippen molar-refractivity contribution in [2.45, 2.75) is 39.4 Å². The van der Waals surface area contributed by atoms with Gasteiger partial charge in [-0.1, -0.05) is 13.1 Å². The molecule has 49 valence electrons. The average molecular weight is 130 g/mol. The predicted molar refractivity (Wildman–Crippen MR) is 40.4 cm³/mol. The Labute approximate surface area is 54.2 Å². The van der Waals surface area contributed by atoms with Gasteiger partial charge in [0.1, 0.15) is 8.96 Å². The van der Waals surface area contributed by atoms with E-state index < -0.39 is 0 Å². The number of hydrogen-bond acceptors (Lipinski definition) is 1. The molecule has 0 spiro atoms. The maximum atomic E-state index is 3.48. The first-order chi connectivity index (χ1) is 3.42. The molecule has 0 unspecified atom stereocenters. The third-order valence-electron chi connectivity index (χ3n) is 0.625. The van der Waals surface area contributed by atoms with Crippen molar-refractivity contribution in [3.05, 3.63) is 0 Å². The van der Waals surface area contributed by atoms with Gasteiger partial charge in [0.05, 0.1) is 0 Å². The van der Waals surface area contributed by atoms with E-state index in [4.69, 9.17) is 0 Å². The molecule has 0 heterocycles. The first-order valence-electron chi connectivity index (χ1n) is 3.00. The van der Waals surface area contributed by atoms with E-state index in [1.165, 1.54) is 0 Å². The van der Waals surface area contributed by atoms with Crippen molar-refractivity contribution >= 4 is 8.96 Å². The molecule has 0 aliphatic rings. The highest BCUT2D eigenvalue weighted by Crippen LogP contribution is 1.98. The Morgan fingerprint density at radius 1 is 1.12 bits per heavy atom.